The largest absolute Gasteiger partial charge is 0.364 e. The van der Waals surface area contributed by atoms with E-state index >= 15 is 0 Å². The summed E-state index contributed by atoms with van der Waals surface area (Å²) < 4.78 is 0. The summed E-state index contributed by atoms with van der Waals surface area (Å²) in [6, 6.07) is 21.2. The van der Waals surface area contributed by atoms with Gasteiger partial charge in [-0.15, -0.1) is 0 Å². The lowest BCUT2D eigenvalue weighted by Crippen LogP contribution is -2.39. The Morgan fingerprint density at radius 1 is 0.912 bits per heavy atom. The van der Waals surface area contributed by atoms with Crippen LogP contribution in [0.2, 0.25) is 0 Å². The van der Waals surface area contributed by atoms with Crippen molar-refractivity contribution in [3.63, 3.8) is 0 Å². The Hall–Kier alpha value is -3.91. The monoisotopic (exact) mass is 441 g/mol. The van der Waals surface area contributed by atoms with Gasteiger partial charge in [0.15, 0.2) is 5.78 Å². The molecule has 1 aliphatic heterocycles. The Morgan fingerprint density at radius 2 is 1.82 bits per heavy atom. The molecule has 1 heterocycles. The number of allylic oxidation sites excluding steroid dienone is 5. The van der Waals surface area contributed by atoms with Crippen LogP contribution in [-0.4, -0.2) is 5.78 Å². The van der Waals surface area contributed by atoms with E-state index < -0.39 is 0 Å². The van der Waals surface area contributed by atoms with Crippen LogP contribution in [0.5, 0.6) is 0 Å². The van der Waals surface area contributed by atoms with Crippen molar-refractivity contribution >= 4 is 17.9 Å². The number of fused-ring (bicyclic) bond motifs is 5. The summed E-state index contributed by atoms with van der Waals surface area (Å²) in [5.74, 6) is 0.158. The zero-order valence-electron chi connectivity index (χ0n) is 19.3. The van der Waals surface area contributed by atoms with Gasteiger partial charge in [-0.05, 0) is 70.7 Å². The second-order valence-corrected chi connectivity index (χ2v) is 9.40. The summed E-state index contributed by atoms with van der Waals surface area (Å²) in [6.07, 6.45) is 16.5. The number of rotatable bonds is 3. The summed E-state index contributed by atoms with van der Waals surface area (Å²) >= 11 is 0. The molecule has 0 aromatic heterocycles. The molecule has 6 rings (SSSR count). The lowest BCUT2D eigenvalue weighted by Gasteiger charge is -2.30. The Bertz CT molecular complexity index is 1520. The van der Waals surface area contributed by atoms with Gasteiger partial charge in [0.1, 0.15) is 0 Å². The van der Waals surface area contributed by atoms with Gasteiger partial charge in [-0.1, -0.05) is 84.5 Å². The first-order chi connectivity index (χ1) is 16.7. The molecular weight excluding hydrogens is 414 g/mol. The molecule has 2 nitrogen and oxygen atoms in total. The highest BCUT2D eigenvalue weighted by Gasteiger charge is 2.31. The van der Waals surface area contributed by atoms with Crippen molar-refractivity contribution in [3.05, 3.63) is 130 Å². The molecule has 3 aromatic carbocycles. The summed E-state index contributed by atoms with van der Waals surface area (Å²) in [5, 5.41) is 5.96. The molecule has 0 saturated carbocycles. The van der Waals surface area contributed by atoms with Gasteiger partial charge in [-0.2, -0.15) is 0 Å². The van der Waals surface area contributed by atoms with E-state index in [0.29, 0.717) is 0 Å². The van der Waals surface area contributed by atoms with E-state index in [1.807, 2.05) is 49.5 Å². The van der Waals surface area contributed by atoms with Gasteiger partial charge in [0.05, 0.1) is 0 Å². The van der Waals surface area contributed by atoms with Crippen molar-refractivity contribution < 1.29 is 4.79 Å². The SMILES string of the molecule is Cc1cccc(C(=O)C2C=c3c(ccc4c3=CCc3ccccc3-4)C(C3=CC=CC=CN3)C2)c1. The van der Waals surface area contributed by atoms with Gasteiger partial charge in [-0.25, -0.2) is 0 Å². The molecule has 3 aliphatic rings. The minimum atomic E-state index is -0.171. The van der Waals surface area contributed by atoms with E-state index in [4.69, 9.17) is 0 Å². The van der Waals surface area contributed by atoms with Gasteiger partial charge in [0.25, 0.3) is 0 Å². The fourth-order valence-corrected chi connectivity index (χ4v) is 5.60. The normalized spacial score (nSPS) is 19.9. The van der Waals surface area contributed by atoms with Crippen LogP contribution in [0.4, 0.5) is 0 Å². The molecule has 0 bridgehead atoms. The summed E-state index contributed by atoms with van der Waals surface area (Å²) in [6.45, 7) is 2.04. The number of nitrogens with one attached hydrogen (secondary N) is 1. The van der Waals surface area contributed by atoms with Crippen LogP contribution in [0.25, 0.3) is 23.3 Å². The van der Waals surface area contributed by atoms with E-state index in [0.717, 1.165) is 29.7 Å². The number of carbonyl (C=O) groups is 1. The Labute approximate surface area is 200 Å². The second-order valence-electron chi connectivity index (χ2n) is 9.40. The molecule has 2 aliphatic carbocycles. The molecule has 166 valence electrons. The minimum absolute atomic E-state index is 0.127. The fraction of sp³-hybridized carbons (Fsp3) is 0.156. The average molecular weight is 442 g/mol. The molecule has 3 aromatic rings. The molecule has 0 spiro atoms. The number of Topliss-reactive ketones (excluding diaryl/α,β-unsaturated/α-hetero) is 1. The van der Waals surface area contributed by atoms with Crippen molar-refractivity contribution in [2.75, 3.05) is 0 Å². The van der Waals surface area contributed by atoms with Crippen LogP contribution in [0.3, 0.4) is 0 Å². The third-order valence-electron chi connectivity index (χ3n) is 7.25. The molecule has 0 amide bonds. The number of aryl methyl sites for hydroxylation is 1. The zero-order valence-corrected chi connectivity index (χ0v) is 19.3. The zero-order chi connectivity index (χ0) is 23.1. The number of benzene rings is 3. The fourth-order valence-electron chi connectivity index (χ4n) is 5.60. The van der Waals surface area contributed by atoms with Crippen molar-refractivity contribution in [2.24, 2.45) is 5.92 Å². The maximum atomic E-state index is 13.7. The third-order valence-corrected chi connectivity index (χ3v) is 7.25. The number of ketones is 1. The molecule has 2 heteroatoms. The van der Waals surface area contributed by atoms with E-state index in [1.54, 1.807) is 0 Å². The molecule has 0 saturated heterocycles. The topological polar surface area (TPSA) is 29.1 Å². The highest BCUT2D eigenvalue weighted by atomic mass is 16.1. The van der Waals surface area contributed by atoms with Crippen molar-refractivity contribution in [3.8, 4) is 11.1 Å². The van der Waals surface area contributed by atoms with Crippen LogP contribution in [0, 0.1) is 12.8 Å². The van der Waals surface area contributed by atoms with E-state index in [1.165, 1.54) is 32.7 Å². The highest BCUT2D eigenvalue weighted by molar-refractivity contribution is 6.01. The number of hydrogen-bond donors (Lipinski definition) is 1. The Morgan fingerprint density at radius 3 is 2.74 bits per heavy atom. The highest BCUT2D eigenvalue weighted by Crippen LogP contribution is 2.35. The molecule has 0 fully saturated rings. The maximum Gasteiger partial charge on any atom is 0.169 e. The van der Waals surface area contributed by atoms with Crippen LogP contribution in [0.1, 0.15) is 39.4 Å². The average Bonchev–Trinajstić information content (AvgIpc) is 3.17. The van der Waals surface area contributed by atoms with Crippen LogP contribution >= 0.6 is 0 Å². The van der Waals surface area contributed by atoms with Crippen molar-refractivity contribution in [1.29, 1.82) is 0 Å². The Balaban J connectivity index is 1.55. The van der Waals surface area contributed by atoms with Gasteiger partial charge in [0, 0.05) is 29.3 Å². The van der Waals surface area contributed by atoms with E-state index in [2.05, 4.69) is 66.0 Å². The first-order valence-electron chi connectivity index (χ1n) is 12.0. The lowest BCUT2D eigenvalue weighted by atomic mass is 9.75. The predicted molar refractivity (Wildman–Crippen MR) is 140 cm³/mol. The number of hydrogen-bond acceptors (Lipinski definition) is 2. The van der Waals surface area contributed by atoms with Gasteiger partial charge in [0.2, 0.25) is 0 Å². The molecule has 0 radical (unpaired) electrons. The smallest absolute Gasteiger partial charge is 0.169 e. The lowest BCUT2D eigenvalue weighted by molar-refractivity contribution is 0.0943. The van der Waals surface area contributed by atoms with Gasteiger partial charge >= 0.3 is 0 Å². The van der Waals surface area contributed by atoms with Crippen LogP contribution in [-0.2, 0) is 6.42 Å². The van der Waals surface area contributed by atoms with Gasteiger partial charge in [-0.3, -0.25) is 4.79 Å². The number of carbonyl (C=O) groups excluding carboxylic acids is 1. The molecule has 2 atom stereocenters. The molecular formula is C32H27NO. The summed E-state index contributed by atoms with van der Waals surface area (Å²) in [4.78, 5) is 13.7. The standard InChI is InChI=1S/C32H27NO/c1-21-8-7-10-23(18-21)32(34)24-19-29-27-14-13-22-9-4-5-11-25(22)26(27)15-16-28(29)30(20-24)31-12-3-2-6-17-33-31/h2-12,14-19,24,30,33H,13,20H2,1H3. The molecule has 1 N–H and O–H groups in total. The summed E-state index contributed by atoms with van der Waals surface area (Å²) in [7, 11) is 0. The Kier molecular flexibility index (Phi) is 5.15. The van der Waals surface area contributed by atoms with Crippen molar-refractivity contribution in [1.82, 2.24) is 5.32 Å². The van der Waals surface area contributed by atoms with E-state index in [9.17, 15) is 4.79 Å². The third kappa shape index (κ3) is 3.56. The minimum Gasteiger partial charge on any atom is -0.364 e. The quantitative estimate of drug-likeness (QED) is 0.557. The van der Waals surface area contributed by atoms with Crippen LogP contribution in [0.15, 0.2) is 96.9 Å². The van der Waals surface area contributed by atoms with Crippen molar-refractivity contribution in [2.45, 2.75) is 25.7 Å². The van der Waals surface area contributed by atoms with E-state index in [-0.39, 0.29) is 17.6 Å². The van der Waals surface area contributed by atoms with Crippen LogP contribution < -0.4 is 15.8 Å². The first-order valence-corrected chi connectivity index (χ1v) is 12.0. The first kappa shape index (κ1) is 20.7. The molecule has 34 heavy (non-hydrogen) atoms. The second kappa shape index (κ2) is 8.46. The maximum absolute atomic E-state index is 13.7. The molecule has 2 unspecified atom stereocenters. The van der Waals surface area contributed by atoms with Gasteiger partial charge < -0.3 is 5.32 Å². The predicted octanol–water partition coefficient (Wildman–Crippen LogP) is 5.32. The summed E-state index contributed by atoms with van der Waals surface area (Å²) in [5.41, 5.74) is 8.27.